The van der Waals surface area contributed by atoms with Crippen LogP contribution in [0.2, 0.25) is 0 Å². The van der Waals surface area contributed by atoms with Gasteiger partial charge in [0.15, 0.2) is 5.82 Å². The Bertz CT molecular complexity index is 1380. The summed E-state index contributed by atoms with van der Waals surface area (Å²) in [6.45, 7) is 3.94. The average Bonchev–Trinajstić information content (AvgIpc) is 3.53. The van der Waals surface area contributed by atoms with Crippen LogP contribution in [-0.2, 0) is 11.8 Å². The van der Waals surface area contributed by atoms with Crippen LogP contribution in [0.4, 0.5) is 5.82 Å². The molecule has 192 valence electrons. The number of aryl methyl sites for hydroxylation is 1. The van der Waals surface area contributed by atoms with Gasteiger partial charge in [-0.3, -0.25) is 14.3 Å². The van der Waals surface area contributed by atoms with E-state index in [0.29, 0.717) is 40.9 Å². The Balaban J connectivity index is 1.55. The Labute approximate surface area is 212 Å². The van der Waals surface area contributed by atoms with Gasteiger partial charge >= 0.3 is 0 Å². The van der Waals surface area contributed by atoms with Crippen LogP contribution >= 0.6 is 0 Å². The SMILES string of the molecule is CCC(=O)c1noc(-c2ccc(Oc3cc(O[C@@H](C)COC)cc(C(=O)Nc4ccn(C)n4)c3)cn2)n1. The minimum Gasteiger partial charge on any atom is -0.488 e. The van der Waals surface area contributed by atoms with Crippen molar-refractivity contribution in [3.05, 3.63) is 60.2 Å². The molecule has 0 saturated carbocycles. The third-order valence-electron chi connectivity index (χ3n) is 5.02. The molecule has 0 aliphatic carbocycles. The number of carbonyl (C=O) groups excluding carboxylic acids is 2. The van der Waals surface area contributed by atoms with E-state index < -0.39 is 0 Å². The maximum absolute atomic E-state index is 12.9. The third kappa shape index (κ3) is 6.55. The zero-order valence-corrected chi connectivity index (χ0v) is 20.8. The van der Waals surface area contributed by atoms with E-state index >= 15 is 0 Å². The first-order valence-electron chi connectivity index (χ1n) is 11.5. The van der Waals surface area contributed by atoms with Gasteiger partial charge in [-0.1, -0.05) is 12.1 Å². The number of hydrogen-bond acceptors (Lipinski definition) is 10. The predicted molar refractivity (Wildman–Crippen MR) is 132 cm³/mol. The van der Waals surface area contributed by atoms with Crippen molar-refractivity contribution in [2.24, 2.45) is 7.05 Å². The van der Waals surface area contributed by atoms with Crippen molar-refractivity contribution in [1.29, 1.82) is 0 Å². The Kier molecular flexibility index (Phi) is 7.89. The van der Waals surface area contributed by atoms with E-state index in [9.17, 15) is 9.59 Å². The number of ketones is 1. The van der Waals surface area contributed by atoms with Crippen molar-refractivity contribution in [3.63, 3.8) is 0 Å². The fourth-order valence-electron chi connectivity index (χ4n) is 3.30. The van der Waals surface area contributed by atoms with E-state index in [4.69, 9.17) is 18.7 Å². The number of methoxy groups -OCH3 is 1. The summed E-state index contributed by atoms with van der Waals surface area (Å²) in [4.78, 5) is 33.0. The maximum atomic E-state index is 12.9. The quantitative estimate of drug-likeness (QED) is 0.297. The summed E-state index contributed by atoms with van der Waals surface area (Å²) in [5.41, 5.74) is 0.697. The zero-order chi connectivity index (χ0) is 26.4. The summed E-state index contributed by atoms with van der Waals surface area (Å²) in [6, 6.07) is 9.83. The number of benzene rings is 1. The zero-order valence-electron chi connectivity index (χ0n) is 20.8. The number of pyridine rings is 1. The molecule has 0 saturated heterocycles. The Morgan fingerprint density at radius 3 is 2.62 bits per heavy atom. The smallest absolute Gasteiger partial charge is 0.276 e. The number of rotatable bonds is 11. The number of aromatic nitrogens is 5. The van der Waals surface area contributed by atoms with E-state index in [1.54, 1.807) is 68.4 Å². The van der Waals surface area contributed by atoms with Crippen molar-refractivity contribution >= 4 is 17.5 Å². The molecule has 1 atom stereocenters. The van der Waals surface area contributed by atoms with E-state index in [0.717, 1.165) is 0 Å². The lowest BCUT2D eigenvalue weighted by Crippen LogP contribution is -2.18. The maximum Gasteiger partial charge on any atom is 0.276 e. The standard InChI is InChI=1S/C25H26N6O6/c1-5-21(32)23-28-25(37-30-23)20-7-6-17(13-26-20)36-19-11-16(10-18(12-19)35-15(2)14-34-4)24(33)27-22-8-9-31(3)29-22/h6-13,15H,5,14H2,1-4H3,(H,27,29,33)/t15-/m0/s1. The van der Waals surface area contributed by atoms with Gasteiger partial charge < -0.3 is 24.1 Å². The monoisotopic (exact) mass is 506 g/mol. The second-order valence-electron chi connectivity index (χ2n) is 8.09. The molecule has 3 aromatic heterocycles. The lowest BCUT2D eigenvalue weighted by atomic mass is 10.2. The molecule has 4 rings (SSSR count). The highest BCUT2D eigenvalue weighted by atomic mass is 16.5. The van der Waals surface area contributed by atoms with Gasteiger partial charge in [0.05, 0.1) is 12.8 Å². The van der Waals surface area contributed by atoms with Crippen LogP contribution in [0, 0.1) is 0 Å². The molecular weight excluding hydrogens is 480 g/mol. The van der Waals surface area contributed by atoms with Crippen LogP contribution in [0.1, 0.15) is 41.2 Å². The molecule has 0 bridgehead atoms. The van der Waals surface area contributed by atoms with Gasteiger partial charge in [-0.15, -0.1) is 0 Å². The van der Waals surface area contributed by atoms with Gasteiger partial charge in [-0.25, -0.2) is 4.98 Å². The Hall–Kier alpha value is -4.58. The highest BCUT2D eigenvalue weighted by Crippen LogP contribution is 2.29. The first kappa shape index (κ1) is 25.5. The van der Waals surface area contributed by atoms with E-state index in [2.05, 4.69) is 25.5 Å². The molecule has 1 N–H and O–H groups in total. The van der Waals surface area contributed by atoms with Crippen LogP contribution in [0.15, 0.2) is 53.3 Å². The molecular formula is C25H26N6O6. The van der Waals surface area contributed by atoms with Gasteiger partial charge in [-0.2, -0.15) is 10.1 Å². The van der Waals surface area contributed by atoms with Gasteiger partial charge in [0.2, 0.25) is 11.6 Å². The fourth-order valence-corrected chi connectivity index (χ4v) is 3.30. The molecule has 0 spiro atoms. The lowest BCUT2D eigenvalue weighted by molar-refractivity contribution is 0.0915. The highest BCUT2D eigenvalue weighted by molar-refractivity contribution is 6.04. The minimum atomic E-state index is -0.379. The van der Waals surface area contributed by atoms with E-state index in [1.807, 2.05) is 6.92 Å². The van der Waals surface area contributed by atoms with E-state index in [1.165, 1.54) is 6.20 Å². The number of carbonyl (C=O) groups is 2. The van der Waals surface area contributed by atoms with E-state index in [-0.39, 0.29) is 35.9 Å². The van der Waals surface area contributed by atoms with Gasteiger partial charge in [-0.05, 0) is 31.2 Å². The topological polar surface area (TPSA) is 143 Å². The molecule has 0 unspecified atom stereocenters. The average molecular weight is 507 g/mol. The minimum absolute atomic E-state index is 0.00986. The summed E-state index contributed by atoms with van der Waals surface area (Å²) in [5, 5.41) is 10.6. The summed E-state index contributed by atoms with van der Waals surface area (Å²) < 4.78 is 23.7. The number of Topliss-reactive ketones (excluding diaryl/α,β-unsaturated/α-hetero) is 1. The first-order valence-corrected chi connectivity index (χ1v) is 11.5. The normalized spacial score (nSPS) is 11.7. The van der Waals surface area contributed by atoms with Crippen molar-refractivity contribution in [1.82, 2.24) is 24.9 Å². The largest absolute Gasteiger partial charge is 0.488 e. The molecule has 12 heteroatoms. The second kappa shape index (κ2) is 11.4. The van der Waals surface area contributed by atoms with Gasteiger partial charge in [0, 0.05) is 44.5 Å². The predicted octanol–water partition coefficient (Wildman–Crippen LogP) is 3.92. The lowest BCUT2D eigenvalue weighted by Gasteiger charge is -2.16. The summed E-state index contributed by atoms with van der Waals surface area (Å²) in [6.07, 6.45) is 3.21. The Morgan fingerprint density at radius 1 is 1.14 bits per heavy atom. The highest BCUT2D eigenvalue weighted by Gasteiger charge is 2.16. The number of amides is 1. The summed E-state index contributed by atoms with van der Waals surface area (Å²) in [7, 11) is 3.34. The van der Waals surface area contributed by atoms with Crippen molar-refractivity contribution < 1.29 is 28.3 Å². The van der Waals surface area contributed by atoms with Crippen LogP contribution in [-0.4, -0.2) is 56.4 Å². The van der Waals surface area contributed by atoms with Gasteiger partial charge in [0.25, 0.3) is 11.8 Å². The molecule has 12 nitrogen and oxygen atoms in total. The molecule has 1 amide bonds. The first-order chi connectivity index (χ1) is 17.8. The molecule has 0 fully saturated rings. The molecule has 0 radical (unpaired) electrons. The van der Waals surface area contributed by atoms with Crippen LogP contribution < -0.4 is 14.8 Å². The Morgan fingerprint density at radius 2 is 1.95 bits per heavy atom. The van der Waals surface area contributed by atoms with Crippen LogP contribution in [0.3, 0.4) is 0 Å². The number of hydrogen-bond donors (Lipinski definition) is 1. The summed E-state index contributed by atoms with van der Waals surface area (Å²) in [5.74, 6) is 1.13. The number of ether oxygens (including phenoxy) is 3. The second-order valence-corrected chi connectivity index (χ2v) is 8.09. The van der Waals surface area contributed by atoms with Crippen molar-refractivity contribution in [2.75, 3.05) is 19.0 Å². The van der Waals surface area contributed by atoms with Crippen LogP contribution in [0.5, 0.6) is 17.2 Å². The van der Waals surface area contributed by atoms with Crippen LogP contribution in [0.25, 0.3) is 11.6 Å². The molecule has 0 aliphatic heterocycles. The number of anilines is 1. The van der Waals surface area contributed by atoms with Crippen molar-refractivity contribution in [2.45, 2.75) is 26.4 Å². The third-order valence-corrected chi connectivity index (χ3v) is 5.02. The molecule has 1 aromatic carbocycles. The molecule has 3 heterocycles. The molecule has 0 aliphatic rings. The number of nitrogens with one attached hydrogen (secondary N) is 1. The molecule has 4 aromatic rings. The summed E-state index contributed by atoms with van der Waals surface area (Å²) >= 11 is 0. The van der Waals surface area contributed by atoms with Crippen molar-refractivity contribution in [3.8, 4) is 28.8 Å². The molecule has 37 heavy (non-hydrogen) atoms. The number of nitrogens with zero attached hydrogens (tertiary/aromatic N) is 5. The fraction of sp³-hybridized carbons (Fsp3) is 0.280. The van der Waals surface area contributed by atoms with Gasteiger partial charge in [0.1, 0.15) is 29.0 Å².